The number of carbonyl (C=O) groups excluding carboxylic acids is 1. The maximum absolute atomic E-state index is 12.8. The molecule has 0 saturated carbocycles. The van der Waals surface area contributed by atoms with Crippen molar-refractivity contribution >= 4 is 18.3 Å². The molecule has 0 spiro atoms. The van der Waals surface area contributed by atoms with Gasteiger partial charge < -0.3 is 15.0 Å². The van der Waals surface area contributed by atoms with Gasteiger partial charge in [-0.05, 0) is 55.5 Å². The molecule has 1 saturated heterocycles. The van der Waals surface area contributed by atoms with Crippen LogP contribution in [-0.4, -0.2) is 42.0 Å². The summed E-state index contributed by atoms with van der Waals surface area (Å²) in [7, 11) is 0. The van der Waals surface area contributed by atoms with E-state index in [9.17, 15) is 4.79 Å². The van der Waals surface area contributed by atoms with Crippen LogP contribution in [0.15, 0.2) is 42.7 Å². The zero-order chi connectivity index (χ0) is 19.1. The molecule has 152 valence electrons. The maximum Gasteiger partial charge on any atom is 0.223 e. The monoisotopic (exact) mass is 403 g/mol. The first kappa shape index (κ1) is 22.2. The molecule has 6 heteroatoms. The topological polar surface area (TPSA) is 54.5 Å². The predicted octanol–water partition coefficient (Wildman–Crippen LogP) is 3.84. The first-order valence-corrected chi connectivity index (χ1v) is 9.75. The van der Waals surface area contributed by atoms with Gasteiger partial charge in [0.05, 0.1) is 12.6 Å². The fourth-order valence-electron chi connectivity index (χ4n) is 3.44. The van der Waals surface area contributed by atoms with Crippen LogP contribution in [0.2, 0.25) is 0 Å². The van der Waals surface area contributed by atoms with Crippen molar-refractivity contribution in [3.05, 3.63) is 59.4 Å². The molecule has 1 aromatic heterocycles. The number of nitrogens with one attached hydrogen (secondary N) is 1. The van der Waals surface area contributed by atoms with E-state index in [4.69, 9.17) is 4.74 Å². The lowest BCUT2D eigenvalue weighted by Crippen LogP contribution is -2.48. The Kier molecular flexibility index (Phi) is 8.74. The number of hydrogen-bond acceptors (Lipinski definition) is 4. The van der Waals surface area contributed by atoms with Crippen LogP contribution < -0.4 is 10.1 Å². The molecule has 5 nitrogen and oxygen atoms in total. The maximum atomic E-state index is 12.8. The fourth-order valence-corrected chi connectivity index (χ4v) is 3.44. The van der Waals surface area contributed by atoms with Gasteiger partial charge in [-0.3, -0.25) is 9.78 Å². The summed E-state index contributed by atoms with van der Waals surface area (Å²) in [5.41, 5.74) is 3.44. The third-order valence-electron chi connectivity index (χ3n) is 5.02. The molecular weight excluding hydrogens is 374 g/mol. The molecule has 1 unspecified atom stereocenters. The highest BCUT2D eigenvalue weighted by Gasteiger charge is 2.27. The summed E-state index contributed by atoms with van der Waals surface area (Å²) in [4.78, 5) is 18.9. The Labute approximate surface area is 173 Å². The molecular formula is C22H30ClN3O2. The van der Waals surface area contributed by atoms with Gasteiger partial charge in [0.25, 0.3) is 0 Å². The van der Waals surface area contributed by atoms with Crippen molar-refractivity contribution in [1.82, 2.24) is 15.2 Å². The van der Waals surface area contributed by atoms with Crippen molar-refractivity contribution in [2.45, 2.75) is 39.2 Å². The number of hydrogen-bond donors (Lipinski definition) is 1. The van der Waals surface area contributed by atoms with Gasteiger partial charge >= 0.3 is 0 Å². The number of pyridine rings is 1. The molecule has 1 aliphatic heterocycles. The quantitative estimate of drug-likeness (QED) is 0.713. The Bertz CT molecular complexity index is 755. The summed E-state index contributed by atoms with van der Waals surface area (Å²) in [6, 6.07) is 10.3. The Morgan fingerprint density at radius 3 is 2.93 bits per heavy atom. The normalized spacial score (nSPS) is 16.4. The Morgan fingerprint density at radius 1 is 1.29 bits per heavy atom. The smallest absolute Gasteiger partial charge is 0.223 e. The summed E-state index contributed by atoms with van der Waals surface area (Å²) in [5, 5.41) is 3.38. The van der Waals surface area contributed by atoms with Crippen LogP contribution >= 0.6 is 12.4 Å². The number of nitrogens with zero attached hydrogens (tertiary/aromatic N) is 2. The SMILES string of the molecule is Cc1ccc(C)c(OCCCCC(=O)N2CCNCC2c2cccnc2)c1.Cl. The lowest BCUT2D eigenvalue weighted by Gasteiger charge is -2.36. The summed E-state index contributed by atoms with van der Waals surface area (Å²) < 4.78 is 5.89. The van der Waals surface area contributed by atoms with Crippen LogP contribution in [0.5, 0.6) is 5.75 Å². The molecule has 0 bridgehead atoms. The Morgan fingerprint density at radius 2 is 2.14 bits per heavy atom. The largest absolute Gasteiger partial charge is 0.493 e. The molecule has 2 aromatic rings. The van der Waals surface area contributed by atoms with Crippen molar-refractivity contribution in [3.63, 3.8) is 0 Å². The number of piperazine rings is 1. The third kappa shape index (κ3) is 5.94. The second kappa shape index (κ2) is 11.0. The van der Waals surface area contributed by atoms with Crippen molar-refractivity contribution < 1.29 is 9.53 Å². The average molecular weight is 404 g/mol. The number of halogens is 1. The number of aryl methyl sites for hydroxylation is 2. The van der Waals surface area contributed by atoms with Crippen molar-refractivity contribution in [1.29, 1.82) is 0 Å². The van der Waals surface area contributed by atoms with Crippen LogP contribution in [-0.2, 0) is 4.79 Å². The van der Waals surface area contributed by atoms with Crippen molar-refractivity contribution in [2.24, 2.45) is 0 Å². The average Bonchev–Trinajstić information content (AvgIpc) is 2.70. The Balaban J connectivity index is 0.00000280. The summed E-state index contributed by atoms with van der Waals surface area (Å²) in [6.07, 6.45) is 5.90. The summed E-state index contributed by atoms with van der Waals surface area (Å²) in [5.74, 6) is 1.16. The standard InChI is InChI=1S/C22H29N3O2.ClH/c1-17-8-9-18(2)21(14-17)27-13-4-3-7-22(26)25-12-11-24-16-20(25)19-6-5-10-23-15-19;/h5-6,8-10,14-15,20,24H,3-4,7,11-13,16H2,1-2H3;1H. The minimum absolute atomic E-state index is 0. The van der Waals surface area contributed by atoms with Crippen LogP contribution in [0.25, 0.3) is 0 Å². The van der Waals surface area contributed by atoms with E-state index in [0.29, 0.717) is 13.0 Å². The number of carbonyl (C=O) groups is 1. The summed E-state index contributed by atoms with van der Waals surface area (Å²) >= 11 is 0. The van der Waals surface area contributed by atoms with Gasteiger partial charge in [-0.15, -0.1) is 12.4 Å². The van der Waals surface area contributed by atoms with Gasteiger partial charge in [0.15, 0.2) is 0 Å². The molecule has 2 heterocycles. The van der Waals surface area contributed by atoms with Gasteiger partial charge in [-0.2, -0.15) is 0 Å². The van der Waals surface area contributed by atoms with Gasteiger partial charge in [-0.1, -0.05) is 18.2 Å². The molecule has 3 rings (SSSR count). The molecule has 1 aromatic carbocycles. The fraction of sp³-hybridized carbons (Fsp3) is 0.455. The second-order valence-corrected chi connectivity index (χ2v) is 7.17. The number of ether oxygens (including phenoxy) is 1. The third-order valence-corrected chi connectivity index (χ3v) is 5.02. The van der Waals surface area contributed by atoms with Crippen LogP contribution in [0, 0.1) is 13.8 Å². The zero-order valence-electron chi connectivity index (χ0n) is 16.7. The van der Waals surface area contributed by atoms with Crippen LogP contribution in [0.4, 0.5) is 0 Å². The Hall–Kier alpha value is -2.11. The van der Waals surface area contributed by atoms with E-state index in [-0.39, 0.29) is 24.4 Å². The minimum atomic E-state index is 0. The van der Waals surface area contributed by atoms with E-state index in [0.717, 1.165) is 49.4 Å². The molecule has 28 heavy (non-hydrogen) atoms. The van der Waals surface area contributed by atoms with Crippen molar-refractivity contribution in [2.75, 3.05) is 26.2 Å². The molecule has 1 N–H and O–H groups in total. The molecule has 0 radical (unpaired) electrons. The molecule has 1 amide bonds. The highest BCUT2D eigenvalue weighted by Crippen LogP contribution is 2.23. The van der Waals surface area contributed by atoms with E-state index in [1.165, 1.54) is 5.56 Å². The minimum Gasteiger partial charge on any atom is -0.493 e. The van der Waals surface area contributed by atoms with E-state index < -0.39 is 0 Å². The predicted molar refractivity (Wildman–Crippen MR) is 114 cm³/mol. The van der Waals surface area contributed by atoms with Crippen LogP contribution in [0.1, 0.15) is 42.0 Å². The van der Waals surface area contributed by atoms with E-state index in [1.54, 1.807) is 6.20 Å². The van der Waals surface area contributed by atoms with E-state index in [2.05, 4.69) is 42.3 Å². The number of benzene rings is 1. The highest BCUT2D eigenvalue weighted by atomic mass is 35.5. The molecule has 1 atom stereocenters. The zero-order valence-corrected chi connectivity index (χ0v) is 17.5. The van der Waals surface area contributed by atoms with Crippen molar-refractivity contribution in [3.8, 4) is 5.75 Å². The van der Waals surface area contributed by atoms with Gasteiger partial charge in [0, 0.05) is 38.4 Å². The van der Waals surface area contributed by atoms with Gasteiger partial charge in [0.2, 0.25) is 5.91 Å². The highest BCUT2D eigenvalue weighted by molar-refractivity contribution is 5.85. The summed E-state index contributed by atoms with van der Waals surface area (Å²) in [6.45, 7) is 7.15. The number of rotatable bonds is 7. The number of amides is 1. The van der Waals surface area contributed by atoms with E-state index >= 15 is 0 Å². The lowest BCUT2D eigenvalue weighted by molar-refractivity contribution is -0.134. The van der Waals surface area contributed by atoms with Gasteiger partial charge in [-0.25, -0.2) is 0 Å². The second-order valence-electron chi connectivity index (χ2n) is 7.17. The first-order valence-electron chi connectivity index (χ1n) is 9.75. The molecule has 0 aliphatic carbocycles. The molecule has 1 fully saturated rings. The van der Waals surface area contributed by atoms with Gasteiger partial charge in [0.1, 0.15) is 5.75 Å². The van der Waals surface area contributed by atoms with E-state index in [1.807, 2.05) is 23.2 Å². The lowest BCUT2D eigenvalue weighted by atomic mass is 10.0. The number of aromatic nitrogens is 1. The van der Waals surface area contributed by atoms with Crippen LogP contribution in [0.3, 0.4) is 0 Å². The number of unbranched alkanes of at least 4 members (excludes halogenated alkanes) is 1. The first-order chi connectivity index (χ1) is 13.1. The molecule has 1 aliphatic rings.